The van der Waals surface area contributed by atoms with Crippen molar-refractivity contribution in [2.75, 3.05) is 7.05 Å². The van der Waals surface area contributed by atoms with Crippen molar-refractivity contribution in [3.8, 4) is 5.69 Å². The molecule has 0 unspecified atom stereocenters. The molecule has 0 spiro atoms. The summed E-state index contributed by atoms with van der Waals surface area (Å²) in [5, 5.41) is 7.57. The molecule has 1 aliphatic carbocycles. The normalized spacial score (nSPS) is 15.0. The van der Waals surface area contributed by atoms with E-state index in [2.05, 4.69) is 10.4 Å². The number of hydrogen-bond donors (Lipinski definition) is 1. The summed E-state index contributed by atoms with van der Waals surface area (Å²) in [6, 6.07) is 6.60. The Morgan fingerprint density at radius 3 is 2.94 bits per heavy atom. The van der Waals surface area contributed by atoms with Gasteiger partial charge in [-0.05, 0) is 38.1 Å². The monoisotopic (exact) mass is 245 g/mol. The van der Waals surface area contributed by atoms with Gasteiger partial charge in [0.15, 0.2) is 0 Å². The van der Waals surface area contributed by atoms with Gasteiger partial charge in [-0.15, -0.1) is 0 Å². The zero-order chi connectivity index (χ0) is 12.5. The molecule has 1 heterocycles. The first kappa shape index (κ1) is 11.4. The van der Waals surface area contributed by atoms with Crippen LogP contribution in [0.4, 0.5) is 4.39 Å². The van der Waals surface area contributed by atoms with Crippen LogP contribution < -0.4 is 5.32 Å². The maximum absolute atomic E-state index is 13.3. The largest absolute Gasteiger partial charge is 0.316 e. The molecule has 1 aliphatic rings. The third-order valence-electron chi connectivity index (χ3n) is 3.27. The van der Waals surface area contributed by atoms with Crippen LogP contribution in [-0.2, 0) is 6.54 Å². The standard InChI is InChI=1S/C14H16FN3/c1-16-8-11-9-17-18(14(11)10-5-6-10)13-4-2-3-12(15)7-13/h2-4,7,9-10,16H,5-6,8H2,1H3. The van der Waals surface area contributed by atoms with Crippen LogP contribution in [0.3, 0.4) is 0 Å². The van der Waals surface area contributed by atoms with Crippen LogP contribution in [0.1, 0.15) is 30.0 Å². The third kappa shape index (κ3) is 2.04. The Hall–Kier alpha value is -1.68. The molecule has 0 saturated heterocycles. The Bertz CT molecular complexity index is 558. The predicted octanol–water partition coefficient (Wildman–Crippen LogP) is 2.61. The van der Waals surface area contributed by atoms with Crippen molar-refractivity contribution < 1.29 is 4.39 Å². The number of nitrogens with zero attached hydrogens (tertiary/aromatic N) is 2. The molecule has 0 atom stereocenters. The lowest BCUT2D eigenvalue weighted by molar-refractivity contribution is 0.624. The van der Waals surface area contributed by atoms with Gasteiger partial charge in [-0.3, -0.25) is 0 Å². The quantitative estimate of drug-likeness (QED) is 0.897. The van der Waals surface area contributed by atoms with E-state index in [1.54, 1.807) is 6.07 Å². The highest BCUT2D eigenvalue weighted by Gasteiger charge is 2.30. The predicted molar refractivity (Wildman–Crippen MR) is 68.3 cm³/mol. The molecule has 3 rings (SSSR count). The molecule has 3 nitrogen and oxygen atoms in total. The van der Waals surface area contributed by atoms with Gasteiger partial charge in [0.2, 0.25) is 0 Å². The second kappa shape index (κ2) is 4.53. The average molecular weight is 245 g/mol. The van der Waals surface area contributed by atoms with E-state index in [9.17, 15) is 4.39 Å². The van der Waals surface area contributed by atoms with Crippen molar-refractivity contribution in [3.05, 3.63) is 47.5 Å². The molecule has 0 bridgehead atoms. The maximum Gasteiger partial charge on any atom is 0.125 e. The fourth-order valence-electron chi connectivity index (χ4n) is 2.32. The van der Waals surface area contributed by atoms with Crippen molar-refractivity contribution in [2.45, 2.75) is 25.3 Å². The van der Waals surface area contributed by atoms with Crippen LogP contribution in [0, 0.1) is 5.82 Å². The molecule has 1 N–H and O–H groups in total. The molecule has 4 heteroatoms. The fraction of sp³-hybridized carbons (Fsp3) is 0.357. The van der Waals surface area contributed by atoms with Crippen LogP contribution in [0.25, 0.3) is 5.69 Å². The molecule has 2 aromatic rings. The van der Waals surface area contributed by atoms with E-state index in [0.29, 0.717) is 5.92 Å². The van der Waals surface area contributed by atoms with E-state index in [0.717, 1.165) is 12.2 Å². The molecular formula is C14H16FN3. The van der Waals surface area contributed by atoms with E-state index < -0.39 is 0 Å². The van der Waals surface area contributed by atoms with Crippen LogP contribution >= 0.6 is 0 Å². The van der Waals surface area contributed by atoms with Gasteiger partial charge in [-0.2, -0.15) is 5.10 Å². The van der Waals surface area contributed by atoms with Crippen molar-refractivity contribution in [2.24, 2.45) is 0 Å². The van der Waals surface area contributed by atoms with Gasteiger partial charge in [-0.25, -0.2) is 9.07 Å². The van der Waals surface area contributed by atoms with Crippen LogP contribution in [-0.4, -0.2) is 16.8 Å². The van der Waals surface area contributed by atoms with Gasteiger partial charge in [0, 0.05) is 18.0 Å². The zero-order valence-corrected chi connectivity index (χ0v) is 10.4. The number of nitrogens with one attached hydrogen (secondary N) is 1. The summed E-state index contributed by atoms with van der Waals surface area (Å²) >= 11 is 0. The number of rotatable bonds is 4. The van der Waals surface area contributed by atoms with Crippen LogP contribution in [0.5, 0.6) is 0 Å². The topological polar surface area (TPSA) is 29.9 Å². The van der Waals surface area contributed by atoms with Gasteiger partial charge in [-0.1, -0.05) is 6.07 Å². The van der Waals surface area contributed by atoms with Crippen molar-refractivity contribution in [3.63, 3.8) is 0 Å². The highest BCUT2D eigenvalue weighted by atomic mass is 19.1. The fourth-order valence-corrected chi connectivity index (χ4v) is 2.32. The lowest BCUT2D eigenvalue weighted by Crippen LogP contribution is -2.08. The van der Waals surface area contributed by atoms with Gasteiger partial charge < -0.3 is 5.32 Å². The third-order valence-corrected chi connectivity index (χ3v) is 3.27. The zero-order valence-electron chi connectivity index (χ0n) is 10.4. The number of hydrogen-bond acceptors (Lipinski definition) is 2. The summed E-state index contributed by atoms with van der Waals surface area (Å²) < 4.78 is 15.2. The molecule has 1 aromatic heterocycles. The first-order chi connectivity index (χ1) is 8.79. The average Bonchev–Trinajstić information content (AvgIpc) is 3.11. The minimum Gasteiger partial charge on any atom is -0.316 e. The Kier molecular flexibility index (Phi) is 2.88. The molecule has 94 valence electrons. The number of aromatic nitrogens is 2. The Balaban J connectivity index is 2.06. The van der Waals surface area contributed by atoms with E-state index in [1.165, 1.54) is 36.2 Å². The summed E-state index contributed by atoms with van der Waals surface area (Å²) in [7, 11) is 1.93. The lowest BCUT2D eigenvalue weighted by atomic mass is 10.1. The lowest BCUT2D eigenvalue weighted by Gasteiger charge is -2.09. The highest BCUT2D eigenvalue weighted by Crippen LogP contribution is 2.42. The highest BCUT2D eigenvalue weighted by molar-refractivity contribution is 5.38. The second-order valence-corrected chi connectivity index (χ2v) is 4.75. The summed E-state index contributed by atoms with van der Waals surface area (Å²) in [5.41, 5.74) is 3.25. The van der Waals surface area contributed by atoms with Gasteiger partial charge >= 0.3 is 0 Å². The first-order valence-corrected chi connectivity index (χ1v) is 6.27. The second-order valence-electron chi connectivity index (χ2n) is 4.75. The Morgan fingerprint density at radius 2 is 2.28 bits per heavy atom. The van der Waals surface area contributed by atoms with E-state index in [-0.39, 0.29) is 5.82 Å². The van der Waals surface area contributed by atoms with Crippen LogP contribution in [0.2, 0.25) is 0 Å². The number of benzene rings is 1. The summed E-state index contributed by atoms with van der Waals surface area (Å²) in [6.45, 7) is 0.807. The van der Waals surface area contributed by atoms with E-state index >= 15 is 0 Å². The summed E-state index contributed by atoms with van der Waals surface area (Å²) in [5.74, 6) is 0.360. The van der Waals surface area contributed by atoms with E-state index in [1.807, 2.05) is 24.0 Å². The van der Waals surface area contributed by atoms with Crippen molar-refractivity contribution in [1.29, 1.82) is 0 Å². The van der Waals surface area contributed by atoms with E-state index in [4.69, 9.17) is 0 Å². The Morgan fingerprint density at radius 1 is 1.44 bits per heavy atom. The SMILES string of the molecule is CNCc1cnn(-c2cccc(F)c2)c1C1CC1. The first-order valence-electron chi connectivity index (χ1n) is 6.27. The van der Waals surface area contributed by atoms with Gasteiger partial charge in [0.1, 0.15) is 5.82 Å². The Labute approximate surface area is 106 Å². The van der Waals surface area contributed by atoms with Crippen LogP contribution in [0.15, 0.2) is 30.5 Å². The maximum atomic E-state index is 13.3. The molecular weight excluding hydrogens is 229 g/mol. The molecule has 0 aliphatic heterocycles. The molecule has 18 heavy (non-hydrogen) atoms. The molecule has 1 aromatic carbocycles. The smallest absolute Gasteiger partial charge is 0.125 e. The molecule has 0 radical (unpaired) electrons. The van der Waals surface area contributed by atoms with Gasteiger partial charge in [0.05, 0.1) is 17.6 Å². The van der Waals surface area contributed by atoms with Gasteiger partial charge in [0.25, 0.3) is 0 Å². The molecule has 1 saturated carbocycles. The minimum atomic E-state index is -0.222. The molecule has 0 amide bonds. The summed E-state index contributed by atoms with van der Waals surface area (Å²) in [4.78, 5) is 0. The minimum absolute atomic E-state index is 0.222. The molecule has 1 fully saturated rings. The van der Waals surface area contributed by atoms with Crippen molar-refractivity contribution >= 4 is 0 Å². The summed E-state index contributed by atoms with van der Waals surface area (Å²) in [6.07, 6.45) is 4.30. The van der Waals surface area contributed by atoms with Crippen molar-refractivity contribution in [1.82, 2.24) is 15.1 Å². The number of halogens is 1.